The largest absolute Gasteiger partial charge is 0.354 e. The van der Waals surface area contributed by atoms with Crippen LogP contribution in [-0.2, 0) is 6.54 Å². The Hall–Kier alpha value is -1.59. The van der Waals surface area contributed by atoms with Crippen LogP contribution in [0.1, 0.15) is 11.3 Å². The number of aromatic nitrogens is 2. The first-order chi connectivity index (χ1) is 10.7. The van der Waals surface area contributed by atoms with Gasteiger partial charge in [-0.1, -0.05) is 42.1 Å². The number of anilines is 1. The molecular weight excluding hydrogens is 292 g/mol. The van der Waals surface area contributed by atoms with Crippen molar-refractivity contribution in [3.05, 3.63) is 47.7 Å². The van der Waals surface area contributed by atoms with E-state index in [4.69, 9.17) is 0 Å². The SMILES string of the molecule is CSc1nc(C)cc(N2CCN(Cc3ccccc3)CC2)n1. The van der Waals surface area contributed by atoms with Crippen molar-refractivity contribution in [3.8, 4) is 0 Å². The molecule has 3 rings (SSSR count). The van der Waals surface area contributed by atoms with Crippen molar-refractivity contribution in [1.82, 2.24) is 14.9 Å². The maximum Gasteiger partial charge on any atom is 0.189 e. The lowest BCUT2D eigenvalue weighted by Crippen LogP contribution is -2.46. The molecule has 0 aliphatic carbocycles. The zero-order valence-electron chi connectivity index (χ0n) is 13.2. The molecule has 4 nitrogen and oxygen atoms in total. The number of nitrogens with zero attached hydrogens (tertiary/aromatic N) is 4. The maximum absolute atomic E-state index is 4.64. The van der Waals surface area contributed by atoms with Crippen LogP contribution in [0.3, 0.4) is 0 Å². The second kappa shape index (κ2) is 7.11. The van der Waals surface area contributed by atoms with Crippen LogP contribution in [0.2, 0.25) is 0 Å². The number of piperazine rings is 1. The molecule has 0 unspecified atom stereocenters. The monoisotopic (exact) mass is 314 g/mol. The predicted molar refractivity (Wildman–Crippen MR) is 92.5 cm³/mol. The molecule has 1 aliphatic heterocycles. The fourth-order valence-corrected chi connectivity index (χ4v) is 3.18. The van der Waals surface area contributed by atoms with Crippen molar-refractivity contribution in [2.24, 2.45) is 0 Å². The lowest BCUT2D eigenvalue weighted by molar-refractivity contribution is 0.249. The molecule has 0 spiro atoms. The molecule has 0 N–H and O–H groups in total. The Morgan fingerprint density at radius 2 is 1.77 bits per heavy atom. The van der Waals surface area contributed by atoms with Crippen molar-refractivity contribution in [3.63, 3.8) is 0 Å². The molecule has 1 aromatic carbocycles. The van der Waals surface area contributed by atoms with Gasteiger partial charge in [-0.25, -0.2) is 9.97 Å². The third-order valence-electron chi connectivity index (χ3n) is 3.95. The van der Waals surface area contributed by atoms with Crippen LogP contribution in [0.15, 0.2) is 41.6 Å². The fourth-order valence-electron chi connectivity index (χ4n) is 2.76. The van der Waals surface area contributed by atoms with Crippen LogP contribution in [0.4, 0.5) is 5.82 Å². The molecule has 0 amide bonds. The molecule has 1 aliphatic rings. The van der Waals surface area contributed by atoms with E-state index in [0.29, 0.717) is 0 Å². The van der Waals surface area contributed by atoms with Crippen LogP contribution in [0.25, 0.3) is 0 Å². The Morgan fingerprint density at radius 3 is 2.45 bits per heavy atom. The van der Waals surface area contributed by atoms with E-state index >= 15 is 0 Å². The van der Waals surface area contributed by atoms with E-state index in [1.807, 2.05) is 13.2 Å². The molecule has 116 valence electrons. The second-order valence-electron chi connectivity index (χ2n) is 5.60. The molecule has 1 fully saturated rings. The molecule has 2 aromatic rings. The Kier molecular flexibility index (Phi) is 4.95. The third kappa shape index (κ3) is 3.78. The lowest BCUT2D eigenvalue weighted by atomic mass is 10.2. The molecule has 0 bridgehead atoms. The summed E-state index contributed by atoms with van der Waals surface area (Å²) in [7, 11) is 0. The van der Waals surface area contributed by atoms with Crippen LogP contribution < -0.4 is 4.90 Å². The van der Waals surface area contributed by atoms with E-state index in [9.17, 15) is 0 Å². The fraction of sp³-hybridized carbons (Fsp3) is 0.412. The van der Waals surface area contributed by atoms with E-state index in [-0.39, 0.29) is 0 Å². The van der Waals surface area contributed by atoms with Crippen LogP contribution in [0, 0.1) is 6.92 Å². The van der Waals surface area contributed by atoms with E-state index in [0.717, 1.165) is 49.4 Å². The first kappa shape index (κ1) is 15.3. The molecule has 22 heavy (non-hydrogen) atoms. The first-order valence-corrected chi connectivity index (χ1v) is 8.88. The predicted octanol–water partition coefficient (Wildman–Crippen LogP) is 2.83. The van der Waals surface area contributed by atoms with Gasteiger partial charge in [-0.15, -0.1) is 0 Å². The number of thioether (sulfide) groups is 1. The van der Waals surface area contributed by atoms with Crippen molar-refractivity contribution >= 4 is 17.6 Å². The summed E-state index contributed by atoms with van der Waals surface area (Å²) in [5.74, 6) is 1.07. The molecular formula is C17H22N4S. The van der Waals surface area contributed by atoms with Gasteiger partial charge in [-0.2, -0.15) is 0 Å². The third-order valence-corrected chi connectivity index (χ3v) is 4.50. The summed E-state index contributed by atoms with van der Waals surface area (Å²) in [6.45, 7) is 7.28. The zero-order chi connectivity index (χ0) is 15.4. The normalized spacial score (nSPS) is 16.0. The summed E-state index contributed by atoms with van der Waals surface area (Å²) in [5.41, 5.74) is 2.43. The summed E-state index contributed by atoms with van der Waals surface area (Å²) in [6, 6.07) is 12.8. The summed E-state index contributed by atoms with van der Waals surface area (Å²) < 4.78 is 0. The molecule has 1 aromatic heterocycles. The number of aryl methyl sites for hydroxylation is 1. The minimum atomic E-state index is 0.863. The van der Waals surface area contributed by atoms with Gasteiger partial charge in [-0.3, -0.25) is 4.90 Å². The van der Waals surface area contributed by atoms with Gasteiger partial charge >= 0.3 is 0 Å². The Balaban J connectivity index is 1.61. The van der Waals surface area contributed by atoms with Gasteiger partial charge in [-0.05, 0) is 18.7 Å². The molecule has 2 heterocycles. The Labute approximate surface area is 136 Å². The van der Waals surface area contributed by atoms with Crippen molar-refractivity contribution in [2.45, 2.75) is 18.6 Å². The number of benzene rings is 1. The lowest BCUT2D eigenvalue weighted by Gasteiger charge is -2.35. The highest BCUT2D eigenvalue weighted by Gasteiger charge is 2.18. The Morgan fingerprint density at radius 1 is 1.05 bits per heavy atom. The van der Waals surface area contributed by atoms with Gasteiger partial charge in [0, 0.05) is 44.5 Å². The van der Waals surface area contributed by atoms with Gasteiger partial charge in [0.1, 0.15) is 5.82 Å². The molecule has 0 atom stereocenters. The van der Waals surface area contributed by atoms with Crippen LogP contribution in [0.5, 0.6) is 0 Å². The van der Waals surface area contributed by atoms with Gasteiger partial charge < -0.3 is 4.90 Å². The number of hydrogen-bond acceptors (Lipinski definition) is 5. The van der Waals surface area contributed by atoms with Crippen molar-refractivity contribution in [2.75, 3.05) is 37.3 Å². The topological polar surface area (TPSA) is 32.3 Å². The van der Waals surface area contributed by atoms with E-state index in [1.54, 1.807) is 11.8 Å². The Bertz CT molecular complexity index is 609. The number of hydrogen-bond donors (Lipinski definition) is 0. The van der Waals surface area contributed by atoms with Gasteiger partial charge in [0.25, 0.3) is 0 Å². The average molecular weight is 314 g/mol. The summed E-state index contributed by atoms with van der Waals surface area (Å²) in [6.07, 6.45) is 2.02. The molecule has 1 saturated heterocycles. The molecule has 0 radical (unpaired) electrons. The van der Waals surface area contributed by atoms with Gasteiger partial charge in [0.15, 0.2) is 5.16 Å². The highest BCUT2D eigenvalue weighted by atomic mass is 32.2. The highest BCUT2D eigenvalue weighted by molar-refractivity contribution is 7.98. The van der Waals surface area contributed by atoms with Gasteiger partial charge in [0.05, 0.1) is 0 Å². The minimum Gasteiger partial charge on any atom is -0.354 e. The quantitative estimate of drug-likeness (QED) is 0.640. The van der Waals surface area contributed by atoms with Crippen molar-refractivity contribution < 1.29 is 0 Å². The smallest absolute Gasteiger partial charge is 0.189 e. The zero-order valence-corrected chi connectivity index (χ0v) is 14.0. The van der Waals surface area contributed by atoms with Crippen LogP contribution >= 0.6 is 11.8 Å². The van der Waals surface area contributed by atoms with Crippen molar-refractivity contribution in [1.29, 1.82) is 0 Å². The highest BCUT2D eigenvalue weighted by Crippen LogP contribution is 2.19. The molecule has 0 saturated carbocycles. The maximum atomic E-state index is 4.64. The van der Waals surface area contributed by atoms with E-state index in [2.05, 4.69) is 56.2 Å². The van der Waals surface area contributed by atoms with Crippen LogP contribution in [-0.4, -0.2) is 47.3 Å². The summed E-state index contributed by atoms with van der Waals surface area (Å²) >= 11 is 1.60. The molecule has 5 heteroatoms. The average Bonchev–Trinajstić information content (AvgIpc) is 2.56. The van der Waals surface area contributed by atoms with Gasteiger partial charge in [0.2, 0.25) is 0 Å². The summed E-state index contributed by atoms with van der Waals surface area (Å²) in [5, 5.41) is 0.863. The summed E-state index contributed by atoms with van der Waals surface area (Å²) in [4.78, 5) is 14.0. The number of rotatable bonds is 4. The second-order valence-corrected chi connectivity index (χ2v) is 6.38. The minimum absolute atomic E-state index is 0.863. The van der Waals surface area contributed by atoms with E-state index in [1.165, 1.54) is 5.56 Å². The standard InChI is InChI=1S/C17H22N4S/c1-14-12-16(19-17(18-14)22-2)21-10-8-20(9-11-21)13-15-6-4-3-5-7-15/h3-7,12H,8-11,13H2,1-2H3. The first-order valence-electron chi connectivity index (χ1n) is 7.65. The van der Waals surface area contributed by atoms with E-state index < -0.39 is 0 Å².